The summed E-state index contributed by atoms with van der Waals surface area (Å²) in [7, 11) is 0. The maximum Gasteiger partial charge on any atom is 0.416 e. The van der Waals surface area contributed by atoms with Crippen molar-refractivity contribution in [3.8, 4) is 6.07 Å². The Bertz CT molecular complexity index is 812. The highest BCUT2D eigenvalue weighted by molar-refractivity contribution is 5.94. The van der Waals surface area contributed by atoms with Gasteiger partial charge in [-0.05, 0) is 30.3 Å². The van der Waals surface area contributed by atoms with Crippen LogP contribution in [0.3, 0.4) is 0 Å². The SMILES string of the molecule is N#Cc1c(F)cccc1NCCNC(=O)c1cccc(C(F)(F)F)c1. The molecular formula is C17H13F4N3O. The number of benzene rings is 2. The van der Waals surface area contributed by atoms with Gasteiger partial charge in [-0.25, -0.2) is 4.39 Å². The molecule has 2 N–H and O–H groups in total. The van der Waals surface area contributed by atoms with Crippen LogP contribution in [0.5, 0.6) is 0 Å². The van der Waals surface area contributed by atoms with E-state index in [9.17, 15) is 22.4 Å². The number of hydrogen-bond acceptors (Lipinski definition) is 3. The van der Waals surface area contributed by atoms with Crippen LogP contribution >= 0.6 is 0 Å². The lowest BCUT2D eigenvalue weighted by Gasteiger charge is -2.11. The summed E-state index contributed by atoms with van der Waals surface area (Å²) < 4.78 is 51.3. The van der Waals surface area contributed by atoms with Gasteiger partial charge in [0.1, 0.15) is 17.4 Å². The third-order valence-electron chi connectivity index (χ3n) is 3.30. The number of alkyl halides is 3. The highest BCUT2D eigenvalue weighted by Crippen LogP contribution is 2.29. The molecule has 0 aliphatic heterocycles. The number of nitrogens with one attached hydrogen (secondary N) is 2. The second-order valence-electron chi connectivity index (χ2n) is 5.04. The van der Waals surface area contributed by atoms with Gasteiger partial charge in [-0.3, -0.25) is 4.79 Å². The molecule has 0 unspecified atom stereocenters. The molecule has 2 aromatic rings. The zero-order valence-corrected chi connectivity index (χ0v) is 12.8. The van der Waals surface area contributed by atoms with Gasteiger partial charge in [-0.2, -0.15) is 18.4 Å². The molecule has 25 heavy (non-hydrogen) atoms. The van der Waals surface area contributed by atoms with Crippen molar-refractivity contribution < 1.29 is 22.4 Å². The fourth-order valence-corrected chi connectivity index (χ4v) is 2.10. The Morgan fingerprint density at radius 2 is 1.84 bits per heavy atom. The Kier molecular flexibility index (Phi) is 5.60. The van der Waals surface area contributed by atoms with Gasteiger partial charge >= 0.3 is 6.18 Å². The Hall–Kier alpha value is -3.08. The predicted octanol–water partition coefficient (Wildman–Crippen LogP) is 3.56. The fraction of sp³-hybridized carbons (Fsp3) is 0.176. The van der Waals surface area contributed by atoms with Gasteiger partial charge in [0.2, 0.25) is 0 Å². The molecule has 0 heterocycles. The first-order valence-corrected chi connectivity index (χ1v) is 7.21. The molecule has 0 aliphatic carbocycles. The molecule has 0 aromatic heterocycles. The molecule has 0 saturated heterocycles. The third kappa shape index (κ3) is 4.70. The second kappa shape index (κ2) is 7.66. The van der Waals surface area contributed by atoms with E-state index < -0.39 is 23.5 Å². The third-order valence-corrected chi connectivity index (χ3v) is 3.30. The van der Waals surface area contributed by atoms with E-state index in [0.29, 0.717) is 0 Å². The van der Waals surface area contributed by atoms with Crippen LogP contribution in [0.15, 0.2) is 42.5 Å². The summed E-state index contributed by atoms with van der Waals surface area (Å²) in [6, 6.07) is 9.90. The number of nitriles is 1. The van der Waals surface area contributed by atoms with E-state index >= 15 is 0 Å². The van der Waals surface area contributed by atoms with Crippen molar-refractivity contribution in [3.63, 3.8) is 0 Å². The van der Waals surface area contributed by atoms with Crippen LogP contribution in [0, 0.1) is 17.1 Å². The average molecular weight is 351 g/mol. The van der Waals surface area contributed by atoms with Crippen LogP contribution < -0.4 is 10.6 Å². The molecule has 0 radical (unpaired) electrons. The van der Waals surface area contributed by atoms with E-state index in [0.717, 1.165) is 24.3 Å². The van der Waals surface area contributed by atoms with Crippen molar-refractivity contribution in [2.24, 2.45) is 0 Å². The zero-order chi connectivity index (χ0) is 18.4. The van der Waals surface area contributed by atoms with Gasteiger partial charge in [0.15, 0.2) is 0 Å². The largest absolute Gasteiger partial charge is 0.416 e. The number of amides is 1. The van der Waals surface area contributed by atoms with E-state index in [1.807, 2.05) is 0 Å². The quantitative estimate of drug-likeness (QED) is 0.639. The standard InChI is InChI=1S/C17H13F4N3O/c18-14-5-2-6-15(13(14)10-22)23-7-8-24-16(25)11-3-1-4-12(9-11)17(19,20)21/h1-6,9,23H,7-8H2,(H,24,25). The highest BCUT2D eigenvalue weighted by atomic mass is 19.4. The van der Waals surface area contributed by atoms with Crippen molar-refractivity contribution >= 4 is 11.6 Å². The van der Waals surface area contributed by atoms with Crippen LogP contribution in [0.1, 0.15) is 21.5 Å². The number of halogens is 4. The van der Waals surface area contributed by atoms with E-state index in [1.165, 1.54) is 18.2 Å². The van der Waals surface area contributed by atoms with Gasteiger partial charge in [0.25, 0.3) is 5.91 Å². The Labute approximate surface area is 141 Å². The lowest BCUT2D eigenvalue weighted by Crippen LogP contribution is -2.29. The summed E-state index contributed by atoms with van der Waals surface area (Å²) in [6.07, 6.45) is -4.52. The van der Waals surface area contributed by atoms with Gasteiger partial charge in [-0.15, -0.1) is 0 Å². The van der Waals surface area contributed by atoms with E-state index in [2.05, 4.69) is 10.6 Å². The highest BCUT2D eigenvalue weighted by Gasteiger charge is 2.30. The Morgan fingerprint density at radius 1 is 1.12 bits per heavy atom. The summed E-state index contributed by atoms with van der Waals surface area (Å²) >= 11 is 0. The lowest BCUT2D eigenvalue weighted by molar-refractivity contribution is -0.137. The van der Waals surface area contributed by atoms with Crippen molar-refractivity contribution in [3.05, 3.63) is 65.0 Å². The first-order valence-electron chi connectivity index (χ1n) is 7.21. The minimum Gasteiger partial charge on any atom is -0.382 e. The maximum absolute atomic E-state index is 13.4. The summed E-state index contributed by atoms with van der Waals surface area (Å²) in [5.41, 5.74) is -0.891. The van der Waals surface area contributed by atoms with Crippen LogP contribution in [0.25, 0.3) is 0 Å². The molecule has 0 aliphatic rings. The number of carbonyl (C=O) groups excluding carboxylic acids is 1. The monoisotopic (exact) mass is 351 g/mol. The second-order valence-corrected chi connectivity index (χ2v) is 5.04. The molecule has 1 amide bonds. The summed E-state index contributed by atoms with van der Waals surface area (Å²) in [5.74, 6) is -1.33. The molecule has 0 fully saturated rings. The van der Waals surface area contributed by atoms with Crippen LogP contribution in [0.2, 0.25) is 0 Å². The van der Waals surface area contributed by atoms with Gasteiger partial charge in [-0.1, -0.05) is 12.1 Å². The van der Waals surface area contributed by atoms with Crippen LogP contribution in [-0.4, -0.2) is 19.0 Å². The predicted molar refractivity (Wildman–Crippen MR) is 83.4 cm³/mol. The van der Waals surface area contributed by atoms with E-state index in [4.69, 9.17) is 5.26 Å². The molecule has 8 heteroatoms. The molecule has 2 aromatic carbocycles. The van der Waals surface area contributed by atoms with Gasteiger partial charge in [0.05, 0.1) is 11.3 Å². The Morgan fingerprint density at radius 3 is 2.52 bits per heavy atom. The van der Waals surface area contributed by atoms with Crippen molar-refractivity contribution in [1.82, 2.24) is 5.32 Å². The molecule has 0 saturated carbocycles. The maximum atomic E-state index is 13.4. The minimum absolute atomic E-state index is 0.0798. The van der Waals surface area contributed by atoms with Crippen molar-refractivity contribution in [1.29, 1.82) is 5.26 Å². The normalized spacial score (nSPS) is 10.8. The van der Waals surface area contributed by atoms with Gasteiger partial charge in [0, 0.05) is 18.7 Å². The summed E-state index contributed by atoms with van der Waals surface area (Å²) in [5, 5.41) is 14.1. The lowest BCUT2D eigenvalue weighted by atomic mass is 10.1. The average Bonchev–Trinajstić information content (AvgIpc) is 2.58. The first-order chi connectivity index (χ1) is 11.8. The fourth-order valence-electron chi connectivity index (χ4n) is 2.10. The van der Waals surface area contributed by atoms with Crippen LogP contribution in [0.4, 0.5) is 23.2 Å². The van der Waals surface area contributed by atoms with Gasteiger partial charge < -0.3 is 10.6 Å². The van der Waals surface area contributed by atoms with Crippen molar-refractivity contribution in [2.45, 2.75) is 6.18 Å². The van der Waals surface area contributed by atoms with E-state index in [1.54, 1.807) is 6.07 Å². The number of anilines is 1. The molecule has 0 bridgehead atoms. The van der Waals surface area contributed by atoms with E-state index in [-0.39, 0.29) is 29.9 Å². The Balaban J connectivity index is 1.92. The molecule has 0 spiro atoms. The first kappa shape index (κ1) is 18.3. The summed E-state index contributed by atoms with van der Waals surface area (Å²) in [6.45, 7) is 0.249. The number of nitrogens with zero attached hydrogens (tertiary/aromatic N) is 1. The topological polar surface area (TPSA) is 64.9 Å². The number of rotatable bonds is 5. The summed E-state index contributed by atoms with van der Waals surface area (Å²) in [4.78, 5) is 11.9. The number of hydrogen-bond donors (Lipinski definition) is 2. The zero-order valence-electron chi connectivity index (χ0n) is 12.8. The van der Waals surface area contributed by atoms with Crippen LogP contribution in [-0.2, 0) is 6.18 Å². The molecule has 2 rings (SSSR count). The number of carbonyl (C=O) groups is 1. The smallest absolute Gasteiger partial charge is 0.382 e. The molecule has 4 nitrogen and oxygen atoms in total. The molecule has 0 atom stereocenters. The molecule has 130 valence electrons. The van der Waals surface area contributed by atoms with Crippen molar-refractivity contribution in [2.75, 3.05) is 18.4 Å². The minimum atomic E-state index is -4.52. The molecular weight excluding hydrogens is 338 g/mol.